The van der Waals surface area contributed by atoms with Gasteiger partial charge in [-0.15, -0.1) is 6.58 Å². The highest BCUT2D eigenvalue weighted by molar-refractivity contribution is 5.87. The fourth-order valence-electron chi connectivity index (χ4n) is 7.16. The molecule has 0 radical (unpaired) electrons. The average molecular weight is 466 g/mol. The first-order valence-electron chi connectivity index (χ1n) is 13.9. The van der Waals surface area contributed by atoms with Crippen molar-refractivity contribution in [3.63, 3.8) is 0 Å². The second kappa shape index (κ2) is 12.2. The van der Waals surface area contributed by atoms with Crippen molar-refractivity contribution in [3.8, 4) is 0 Å². The molecule has 0 aromatic heterocycles. The van der Waals surface area contributed by atoms with Crippen molar-refractivity contribution >= 4 is 5.91 Å². The van der Waals surface area contributed by atoms with Crippen LogP contribution in [0.4, 0.5) is 4.39 Å². The van der Waals surface area contributed by atoms with Gasteiger partial charge in [0.25, 0.3) is 0 Å². The molecular weight excluding hydrogens is 421 g/mol. The third-order valence-corrected chi connectivity index (χ3v) is 9.30. The van der Waals surface area contributed by atoms with Crippen LogP contribution in [0, 0.1) is 23.6 Å². The molecule has 1 aromatic rings. The molecule has 3 aliphatic rings. The zero-order valence-electron chi connectivity index (χ0n) is 21.0. The van der Waals surface area contributed by atoms with Crippen LogP contribution in [0.25, 0.3) is 0 Å². The summed E-state index contributed by atoms with van der Waals surface area (Å²) >= 11 is 0. The maximum Gasteiger partial charge on any atom is 0.243 e. The predicted octanol–water partition coefficient (Wildman–Crippen LogP) is 8.20. The van der Waals surface area contributed by atoms with E-state index in [2.05, 4.69) is 36.7 Å². The molecule has 1 amide bonds. The number of allylic oxidation sites excluding steroid dienone is 1. The lowest BCUT2D eigenvalue weighted by molar-refractivity contribution is -0.117. The van der Waals surface area contributed by atoms with E-state index in [-0.39, 0.29) is 23.7 Å². The molecule has 0 atom stereocenters. The van der Waals surface area contributed by atoms with Gasteiger partial charge in [-0.3, -0.25) is 4.79 Å². The lowest BCUT2D eigenvalue weighted by Gasteiger charge is -2.38. The van der Waals surface area contributed by atoms with E-state index in [4.69, 9.17) is 0 Å². The van der Waals surface area contributed by atoms with Gasteiger partial charge in [-0.25, -0.2) is 4.39 Å². The number of carbonyl (C=O) groups is 1. The van der Waals surface area contributed by atoms with Gasteiger partial charge in [0.05, 0.1) is 0 Å². The number of rotatable bonds is 8. The largest absolute Gasteiger partial charge is 0.350 e. The molecule has 4 rings (SSSR count). The van der Waals surface area contributed by atoms with E-state index in [0.717, 1.165) is 49.0 Å². The Labute approximate surface area is 206 Å². The van der Waals surface area contributed by atoms with E-state index >= 15 is 4.39 Å². The monoisotopic (exact) mass is 465 g/mol. The summed E-state index contributed by atoms with van der Waals surface area (Å²) in [5.41, 5.74) is 2.08. The lowest BCUT2D eigenvalue weighted by Crippen LogP contribution is -2.36. The number of carbonyl (C=O) groups excluding carboxylic acids is 1. The van der Waals surface area contributed by atoms with Crippen LogP contribution >= 0.6 is 0 Å². The summed E-state index contributed by atoms with van der Waals surface area (Å²) in [6, 6.07) is 6.31. The Bertz CT molecular complexity index is 824. The number of benzene rings is 1. The van der Waals surface area contributed by atoms with Crippen LogP contribution in [-0.4, -0.2) is 11.9 Å². The normalized spacial score (nSPS) is 32.0. The Morgan fingerprint density at radius 2 is 1.50 bits per heavy atom. The molecule has 0 spiro atoms. The van der Waals surface area contributed by atoms with Gasteiger partial charge >= 0.3 is 0 Å². The quantitative estimate of drug-likeness (QED) is 0.304. The van der Waals surface area contributed by atoms with Gasteiger partial charge in [0.2, 0.25) is 5.91 Å². The molecule has 0 saturated heterocycles. The zero-order chi connectivity index (χ0) is 23.9. The van der Waals surface area contributed by atoms with Crippen LogP contribution in [0.1, 0.15) is 113 Å². The topological polar surface area (TPSA) is 29.1 Å². The number of amides is 1. The van der Waals surface area contributed by atoms with Gasteiger partial charge in [0.15, 0.2) is 0 Å². The molecule has 0 aliphatic heterocycles. The molecule has 3 aliphatic carbocycles. The highest BCUT2D eigenvalue weighted by Gasteiger charge is 2.32. The van der Waals surface area contributed by atoms with Crippen LogP contribution in [-0.2, 0) is 4.79 Å². The Hall–Kier alpha value is -1.90. The van der Waals surface area contributed by atoms with Crippen LogP contribution < -0.4 is 5.32 Å². The SMILES string of the molecule is C=CCCC1CCC(C2CCC(c3ccc(C4CCC(NC(=O)C=C)CC4)c(F)c3)CC2)CC1. The third-order valence-electron chi connectivity index (χ3n) is 9.30. The Morgan fingerprint density at radius 3 is 2.09 bits per heavy atom. The van der Waals surface area contributed by atoms with Crippen molar-refractivity contribution in [2.75, 3.05) is 0 Å². The molecule has 3 fully saturated rings. The number of hydrogen-bond donors (Lipinski definition) is 1. The van der Waals surface area contributed by atoms with Crippen molar-refractivity contribution < 1.29 is 9.18 Å². The average Bonchev–Trinajstić information content (AvgIpc) is 2.88. The Balaban J connectivity index is 1.25. The number of hydrogen-bond acceptors (Lipinski definition) is 1. The fourth-order valence-corrected chi connectivity index (χ4v) is 7.16. The first kappa shape index (κ1) is 25.2. The molecule has 3 saturated carbocycles. The maximum absolute atomic E-state index is 15.2. The van der Waals surface area contributed by atoms with Gasteiger partial charge in [-0.05, 0) is 130 Å². The van der Waals surface area contributed by atoms with E-state index in [1.807, 2.05) is 6.07 Å². The molecule has 186 valence electrons. The van der Waals surface area contributed by atoms with Crippen molar-refractivity contribution in [2.24, 2.45) is 17.8 Å². The minimum atomic E-state index is -0.107. The van der Waals surface area contributed by atoms with E-state index in [1.165, 1.54) is 75.8 Å². The predicted molar refractivity (Wildman–Crippen MR) is 139 cm³/mol. The van der Waals surface area contributed by atoms with Gasteiger partial charge in [-0.2, -0.15) is 0 Å². The summed E-state index contributed by atoms with van der Waals surface area (Å²) in [5.74, 6) is 3.40. The van der Waals surface area contributed by atoms with Crippen LogP contribution in [0.5, 0.6) is 0 Å². The third kappa shape index (κ3) is 6.40. The summed E-state index contributed by atoms with van der Waals surface area (Å²) in [6.45, 7) is 7.40. The second-order valence-electron chi connectivity index (χ2n) is 11.3. The maximum atomic E-state index is 15.2. The Morgan fingerprint density at radius 1 is 0.882 bits per heavy atom. The van der Waals surface area contributed by atoms with Crippen molar-refractivity contribution in [1.29, 1.82) is 0 Å². The smallest absolute Gasteiger partial charge is 0.243 e. The highest BCUT2D eigenvalue weighted by atomic mass is 19.1. The Kier molecular flexibility index (Phi) is 9.03. The van der Waals surface area contributed by atoms with Gasteiger partial charge in [-0.1, -0.05) is 37.6 Å². The first-order valence-corrected chi connectivity index (χ1v) is 13.9. The molecule has 3 heteroatoms. The summed E-state index contributed by atoms with van der Waals surface area (Å²) in [6.07, 6.45) is 20.3. The lowest BCUT2D eigenvalue weighted by atomic mass is 9.68. The molecular formula is C31H44FNO. The fraction of sp³-hybridized carbons (Fsp3) is 0.645. The van der Waals surface area contributed by atoms with Crippen LogP contribution in [0.2, 0.25) is 0 Å². The standard InChI is InChI=1S/C31H44FNO/c1-3-5-6-22-7-9-23(10-8-22)24-11-13-25(14-12-24)27-17-20-29(30(32)21-27)26-15-18-28(19-16-26)33-31(34)4-2/h3-4,17,20-26,28H,1-2,5-16,18-19H2,(H,33,34). The number of nitrogens with one attached hydrogen (secondary N) is 1. The van der Waals surface area contributed by atoms with Gasteiger partial charge < -0.3 is 5.32 Å². The summed E-state index contributed by atoms with van der Waals surface area (Å²) in [7, 11) is 0. The summed E-state index contributed by atoms with van der Waals surface area (Å²) in [4.78, 5) is 11.5. The summed E-state index contributed by atoms with van der Waals surface area (Å²) in [5, 5.41) is 2.99. The van der Waals surface area contributed by atoms with Crippen LogP contribution in [0.3, 0.4) is 0 Å². The highest BCUT2D eigenvalue weighted by Crippen LogP contribution is 2.45. The van der Waals surface area contributed by atoms with Crippen LogP contribution in [0.15, 0.2) is 43.5 Å². The van der Waals surface area contributed by atoms with Crippen molar-refractivity contribution in [3.05, 3.63) is 60.5 Å². The molecule has 34 heavy (non-hydrogen) atoms. The van der Waals surface area contributed by atoms with Crippen molar-refractivity contribution in [2.45, 2.75) is 108 Å². The van der Waals surface area contributed by atoms with E-state index in [1.54, 1.807) is 0 Å². The molecule has 2 nitrogen and oxygen atoms in total. The molecule has 0 heterocycles. The second-order valence-corrected chi connectivity index (χ2v) is 11.3. The van der Waals surface area contributed by atoms with E-state index < -0.39 is 0 Å². The van der Waals surface area contributed by atoms with Crippen molar-refractivity contribution in [1.82, 2.24) is 5.32 Å². The zero-order valence-corrected chi connectivity index (χ0v) is 21.0. The minimum absolute atomic E-state index is 0.0175. The molecule has 0 bridgehead atoms. The molecule has 1 N–H and O–H groups in total. The first-order chi connectivity index (χ1) is 16.6. The minimum Gasteiger partial charge on any atom is -0.350 e. The van der Waals surface area contributed by atoms with E-state index in [0.29, 0.717) is 5.92 Å². The molecule has 1 aromatic carbocycles. The summed E-state index contributed by atoms with van der Waals surface area (Å²) < 4.78 is 15.2. The number of halogens is 1. The molecule has 0 unspecified atom stereocenters. The van der Waals surface area contributed by atoms with Gasteiger partial charge in [0, 0.05) is 6.04 Å². The van der Waals surface area contributed by atoms with Gasteiger partial charge in [0.1, 0.15) is 5.82 Å². The van der Waals surface area contributed by atoms with E-state index in [9.17, 15) is 4.79 Å².